The molecule has 0 aliphatic carbocycles. The molecule has 2 aliphatic rings. The van der Waals surface area contributed by atoms with Crippen molar-refractivity contribution in [1.29, 1.82) is 0 Å². The summed E-state index contributed by atoms with van der Waals surface area (Å²) in [5.41, 5.74) is 0. The molecule has 20 heavy (non-hydrogen) atoms. The summed E-state index contributed by atoms with van der Waals surface area (Å²) in [6.45, 7) is 1.51. The molecule has 2 aliphatic heterocycles. The van der Waals surface area contributed by atoms with Crippen LogP contribution in [0.15, 0.2) is 0 Å². The number of aliphatic hydroxyl groups excluding tert-OH is 1. The summed E-state index contributed by atoms with van der Waals surface area (Å²) < 4.78 is 5.13. The molecule has 0 aromatic rings. The Morgan fingerprint density at radius 2 is 2.05 bits per heavy atom. The van der Waals surface area contributed by atoms with Crippen LogP contribution in [-0.4, -0.2) is 77.0 Å². The zero-order valence-electron chi connectivity index (χ0n) is 11.5. The van der Waals surface area contributed by atoms with Gasteiger partial charge in [0.1, 0.15) is 0 Å². The van der Waals surface area contributed by atoms with Gasteiger partial charge in [0.25, 0.3) is 0 Å². The van der Waals surface area contributed by atoms with Gasteiger partial charge < -0.3 is 24.7 Å². The molecule has 0 aromatic carbocycles. The molecule has 2 rings (SSSR count). The quantitative estimate of drug-likeness (QED) is 0.769. The zero-order valence-corrected chi connectivity index (χ0v) is 11.5. The first-order chi connectivity index (χ1) is 9.63. The van der Waals surface area contributed by atoms with Crippen LogP contribution in [0.4, 0.5) is 4.79 Å². The molecule has 0 spiro atoms. The number of aliphatic carboxylic acids is 1. The van der Waals surface area contributed by atoms with E-state index in [9.17, 15) is 9.59 Å². The zero-order chi connectivity index (χ0) is 14.5. The second kappa shape index (κ2) is 6.90. The van der Waals surface area contributed by atoms with Crippen LogP contribution >= 0.6 is 0 Å². The number of morpholine rings is 1. The maximum absolute atomic E-state index is 12.5. The highest BCUT2D eigenvalue weighted by Gasteiger charge is 2.34. The van der Waals surface area contributed by atoms with Crippen LogP contribution in [0, 0.1) is 0 Å². The average Bonchev–Trinajstić information content (AvgIpc) is 2.47. The largest absolute Gasteiger partial charge is 0.479 e. The number of hydrogen-bond acceptors (Lipinski definition) is 4. The smallest absolute Gasteiger partial charge is 0.334 e. The van der Waals surface area contributed by atoms with Crippen LogP contribution in [0.3, 0.4) is 0 Å². The third-order valence-electron chi connectivity index (χ3n) is 3.95. The van der Waals surface area contributed by atoms with Crippen molar-refractivity contribution in [2.45, 2.75) is 37.8 Å². The third kappa shape index (κ3) is 3.40. The van der Waals surface area contributed by atoms with E-state index in [1.165, 1.54) is 0 Å². The molecule has 2 amide bonds. The highest BCUT2D eigenvalue weighted by molar-refractivity contribution is 5.78. The van der Waals surface area contributed by atoms with Gasteiger partial charge in [-0.2, -0.15) is 0 Å². The van der Waals surface area contributed by atoms with Crippen molar-refractivity contribution in [2.75, 3.05) is 32.8 Å². The molecule has 7 heteroatoms. The van der Waals surface area contributed by atoms with Crippen molar-refractivity contribution in [1.82, 2.24) is 9.80 Å². The Balaban J connectivity index is 1.99. The van der Waals surface area contributed by atoms with Gasteiger partial charge in [-0.25, -0.2) is 9.59 Å². The van der Waals surface area contributed by atoms with Crippen molar-refractivity contribution < 1.29 is 24.5 Å². The summed E-state index contributed by atoms with van der Waals surface area (Å²) in [7, 11) is 0. The topological polar surface area (TPSA) is 90.3 Å². The van der Waals surface area contributed by atoms with Crippen molar-refractivity contribution in [3.05, 3.63) is 0 Å². The van der Waals surface area contributed by atoms with Crippen molar-refractivity contribution >= 4 is 12.0 Å². The maximum atomic E-state index is 12.5. The van der Waals surface area contributed by atoms with Gasteiger partial charge in [-0.05, 0) is 25.7 Å². The molecular weight excluding hydrogens is 264 g/mol. The minimum Gasteiger partial charge on any atom is -0.479 e. The molecule has 0 radical (unpaired) electrons. The summed E-state index contributed by atoms with van der Waals surface area (Å²) in [5.74, 6) is -1.03. The highest BCUT2D eigenvalue weighted by atomic mass is 16.5. The first-order valence-corrected chi connectivity index (χ1v) is 7.14. The van der Waals surface area contributed by atoms with E-state index in [1.807, 2.05) is 0 Å². The van der Waals surface area contributed by atoms with E-state index in [1.54, 1.807) is 9.80 Å². The van der Waals surface area contributed by atoms with E-state index < -0.39 is 12.1 Å². The fourth-order valence-electron chi connectivity index (χ4n) is 2.86. The second-order valence-electron chi connectivity index (χ2n) is 5.28. The van der Waals surface area contributed by atoms with Crippen LogP contribution in [-0.2, 0) is 9.53 Å². The summed E-state index contributed by atoms with van der Waals surface area (Å²) in [6.07, 6.45) is 2.57. The molecule has 7 nitrogen and oxygen atoms in total. The number of aliphatic hydroxyl groups is 1. The van der Waals surface area contributed by atoms with E-state index in [0.29, 0.717) is 19.5 Å². The number of carbonyl (C=O) groups excluding carboxylic acids is 1. The molecule has 114 valence electrons. The van der Waals surface area contributed by atoms with E-state index in [0.717, 1.165) is 19.3 Å². The number of carboxylic acid groups (broad SMARTS) is 1. The molecule has 0 bridgehead atoms. The number of rotatable bonds is 3. The predicted octanol–water partition coefficient (Wildman–Crippen LogP) is 0.129. The summed E-state index contributed by atoms with van der Waals surface area (Å²) in [6, 6.07) is -0.0647. The lowest BCUT2D eigenvalue weighted by atomic mass is 10.00. The van der Waals surface area contributed by atoms with E-state index in [-0.39, 0.29) is 31.8 Å². The number of ether oxygens (including phenoxy) is 1. The number of hydrogen-bond donors (Lipinski definition) is 2. The first kappa shape index (κ1) is 15.1. The molecular formula is C13H22N2O5. The van der Waals surface area contributed by atoms with Crippen LogP contribution in [0.25, 0.3) is 0 Å². The number of carboxylic acids is 1. The Morgan fingerprint density at radius 3 is 2.75 bits per heavy atom. The molecule has 2 atom stereocenters. The molecule has 2 N–H and O–H groups in total. The maximum Gasteiger partial charge on any atom is 0.334 e. The molecule has 0 saturated carbocycles. The van der Waals surface area contributed by atoms with Gasteiger partial charge in [0, 0.05) is 25.7 Å². The number of piperidine rings is 1. The number of amides is 2. The fraction of sp³-hybridized carbons (Fsp3) is 0.846. The Bertz CT molecular complexity index is 361. The number of likely N-dealkylation sites (tertiary alicyclic amines) is 1. The molecule has 2 heterocycles. The predicted molar refractivity (Wildman–Crippen MR) is 70.4 cm³/mol. The van der Waals surface area contributed by atoms with Gasteiger partial charge in [-0.1, -0.05) is 0 Å². The van der Waals surface area contributed by atoms with Gasteiger partial charge in [-0.15, -0.1) is 0 Å². The third-order valence-corrected chi connectivity index (χ3v) is 3.95. The van der Waals surface area contributed by atoms with Crippen molar-refractivity contribution in [2.24, 2.45) is 0 Å². The number of urea groups is 1. The Kier molecular flexibility index (Phi) is 5.19. The molecule has 0 aromatic heterocycles. The van der Waals surface area contributed by atoms with Crippen LogP contribution in [0.2, 0.25) is 0 Å². The Hall–Kier alpha value is -1.34. The van der Waals surface area contributed by atoms with Gasteiger partial charge in [0.15, 0.2) is 6.10 Å². The van der Waals surface area contributed by atoms with Crippen LogP contribution in [0.5, 0.6) is 0 Å². The van der Waals surface area contributed by atoms with Gasteiger partial charge >= 0.3 is 12.0 Å². The lowest BCUT2D eigenvalue weighted by Gasteiger charge is -2.40. The Labute approximate surface area is 118 Å². The minimum atomic E-state index is -1.03. The second-order valence-corrected chi connectivity index (χ2v) is 5.28. The van der Waals surface area contributed by atoms with Gasteiger partial charge in [0.05, 0.1) is 13.2 Å². The number of nitrogens with zero attached hydrogens (tertiary/aromatic N) is 2. The average molecular weight is 286 g/mol. The monoisotopic (exact) mass is 286 g/mol. The summed E-state index contributed by atoms with van der Waals surface area (Å²) in [5, 5.41) is 18.1. The lowest BCUT2D eigenvalue weighted by molar-refractivity contribution is -0.154. The summed E-state index contributed by atoms with van der Waals surface area (Å²) in [4.78, 5) is 26.8. The van der Waals surface area contributed by atoms with Crippen LogP contribution < -0.4 is 0 Å². The minimum absolute atomic E-state index is 0.0624. The lowest BCUT2D eigenvalue weighted by Crippen LogP contribution is -2.56. The summed E-state index contributed by atoms with van der Waals surface area (Å²) >= 11 is 0. The highest BCUT2D eigenvalue weighted by Crippen LogP contribution is 2.22. The van der Waals surface area contributed by atoms with Gasteiger partial charge in [-0.3, -0.25) is 0 Å². The van der Waals surface area contributed by atoms with Crippen molar-refractivity contribution in [3.8, 4) is 0 Å². The molecule has 2 saturated heterocycles. The van der Waals surface area contributed by atoms with E-state index >= 15 is 0 Å². The number of carbonyl (C=O) groups is 2. The van der Waals surface area contributed by atoms with E-state index in [2.05, 4.69) is 0 Å². The van der Waals surface area contributed by atoms with Gasteiger partial charge in [0.2, 0.25) is 0 Å². The van der Waals surface area contributed by atoms with Crippen LogP contribution in [0.1, 0.15) is 25.7 Å². The fourth-order valence-corrected chi connectivity index (χ4v) is 2.86. The normalized spacial score (nSPS) is 27.4. The van der Waals surface area contributed by atoms with E-state index in [4.69, 9.17) is 14.9 Å². The Morgan fingerprint density at radius 1 is 1.25 bits per heavy atom. The molecule has 2 unspecified atom stereocenters. The standard InChI is InChI=1S/C13H22N2O5/c16-7-4-10-3-1-2-5-15(10)13(19)14-6-8-20-11(9-14)12(17)18/h10-11,16H,1-9H2,(H,17,18). The molecule has 2 fully saturated rings. The van der Waals surface area contributed by atoms with Crippen molar-refractivity contribution in [3.63, 3.8) is 0 Å². The SMILES string of the molecule is O=C(O)C1CN(C(=O)N2CCCCC2CCO)CCO1. The first-order valence-electron chi connectivity index (χ1n) is 7.14.